The second-order valence-corrected chi connectivity index (χ2v) is 7.64. The SMILES string of the molecule is Cc1ccc(NC(=O)CSCC(=O)NC(C)c2nc(-c3ccc(F)cc3)no2)cc1. The first kappa shape index (κ1) is 21.5. The molecule has 30 heavy (non-hydrogen) atoms. The van der Waals surface area contributed by atoms with Crippen LogP contribution >= 0.6 is 11.8 Å². The third-order valence-corrected chi connectivity index (χ3v) is 5.03. The van der Waals surface area contributed by atoms with Gasteiger partial charge in [-0.1, -0.05) is 22.9 Å². The molecule has 0 aliphatic rings. The Morgan fingerprint density at radius 1 is 1.07 bits per heavy atom. The highest BCUT2D eigenvalue weighted by atomic mass is 32.2. The zero-order chi connectivity index (χ0) is 21.5. The lowest BCUT2D eigenvalue weighted by atomic mass is 10.2. The monoisotopic (exact) mass is 428 g/mol. The summed E-state index contributed by atoms with van der Waals surface area (Å²) in [6.45, 7) is 3.69. The van der Waals surface area contributed by atoms with Crippen molar-refractivity contribution in [2.24, 2.45) is 0 Å². The molecule has 2 aromatic carbocycles. The number of amides is 2. The van der Waals surface area contributed by atoms with Crippen LogP contribution in [0.4, 0.5) is 10.1 Å². The molecule has 0 spiro atoms. The van der Waals surface area contributed by atoms with Crippen LogP contribution in [-0.2, 0) is 9.59 Å². The number of benzene rings is 2. The Kier molecular flexibility index (Phi) is 7.18. The first-order valence-electron chi connectivity index (χ1n) is 9.24. The van der Waals surface area contributed by atoms with Crippen molar-refractivity contribution in [2.45, 2.75) is 19.9 Å². The van der Waals surface area contributed by atoms with Crippen molar-refractivity contribution in [3.05, 3.63) is 65.8 Å². The molecule has 0 aliphatic heterocycles. The summed E-state index contributed by atoms with van der Waals surface area (Å²) in [6, 6.07) is 12.7. The Hall–Kier alpha value is -3.20. The van der Waals surface area contributed by atoms with Gasteiger partial charge >= 0.3 is 0 Å². The van der Waals surface area contributed by atoms with E-state index in [-0.39, 0.29) is 35.0 Å². The van der Waals surface area contributed by atoms with E-state index >= 15 is 0 Å². The average molecular weight is 428 g/mol. The Labute approximate surface area is 177 Å². The Bertz CT molecular complexity index is 1010. The highest BCUT2D eigenvalue weighted by Gasteiger charge is 2.17. The number of anilines is 1. The Morgan fingerprint density at radius 2 is 1.73 bits per heavy atom. The third kappa shape index (κ3) is 6.15. The van der Waals surface area contributed by atoms with E-state index in [2.05, 4.69) is 20.8 Å². The van der Waals surface area contributed by atoms with Gasteiger partial charge in [-0.15, -0.1) is 11.8 Å². The quantitative estimate of drug-likeness (QED) is 0.567. The molecule has 0 aliphatic carbocycles. The fraction of sp³-hybridized carbons (Fsp3) is 0.238. The van der Waals surface area contributed by atoms with Gasteiger partial charge in [0.15, 0.2) is 0 Å². The molecule has 1 aromatic heterocycles. The number of aromatic nitrogens is 2. The predicted molar refractivity (Wildman–Crippen MR) is 113 cm³/mol. The minimum absolute atomic E-state index is 0.116. The van der Waals surface area contributed by atoms with Crippen LogP contribution in [0, 0.1) is 12.7 Å². The minimum Gasteiger partial charge on any atom is -0.344 e. The summed E-state index contributed by atoms with van der Waals surface area (Å²) in [5.74, 6) is 0.0455. The lowest BCUT2D eigenvalue weighted by molar-refractivity contribution is -0.119. The van der Waals surface area contributed by atoms with E-state index in [1.807, 2.05) is 31.2 Å². The van der Waals surface area contributed by atoms with Gasteiger partial charge in [0, 0.05) is 11.3 Å². The molecule has 0 saturated heterocycles. The van der Waals surface area contributed by atoms with Crippen molar-refractivity contribution >= 4 is 29.3 Å². The first-order valence-corrected chi connectivity index (χ1v) is 10.4. The first-order chi connectivity index (χ1) is 14.4. The van der Waals surface area contributed by atoms with Crippen molar-refractivity contribution in [2.75, 3.05) is 16.8 Å². The summed E-state index contributed by atoms with van der Waals surface area (Å²) < 4.78 is 18.2. The molecule has 0 radical (unpaired) electrons. The summed E-state index contributed by atoms with van der Waals surface area (Å²) in [5.41, 5.74) is 2.44. The minimum atomic E-state index is -0.499. The smallest absolute Gasteiger partial charge is 0.249 e. The number of halogens is 1. The molecular formula is C21H21FN4O3S. The van der Waals surface area contributed by atoms with E-state index in [9.17, 15) is 14.0 Å². The van der Waals surface area contributed by atoms with Crippen LogP contribution in [-0.4, -0.2) is 33.5 Å². The van der Waals surface area contributed by atoms with Crippen LogP contribution < -0.4 is 10.6 Å². The molecule has 0 saturated carbocycles. The molecule has 1 unspecified atom stereocenters. The second-order valence-electron chi connectivity index (χ2n) is 6.66. The number of hydrogen-bond acceptors (Lipinski definition) is 6. The van der Waals surface area contributed by atoms with Crippen LogP contribution in [0.3, 0.4) is 0 Å². The fourth-order valence-electron chi connectivity index (χ4n) is 2.54. The molecule has 3 rings (SSSR count). The number of hydrogen-bond donors (Lipinski definition) is 2. The van der Waals surface area contributed by atoms with Gasteiger partial charge in [-0.3, -0.25) is 9.59 Å². The van der Waals surface area contributed by atoms with Crippen molar-refractivity contribution in [1.82, 2.24) is 15.5 Å². The molecule has 1 atom stereocenters. The maximum absolute atomic E-state index is 13.0. The molecule has 2 amide bonds. The largest absolute Gasteiger partial charge is 0.344 e. The number of nitrogens with zero attached hydrogens (tertiary/aromatic N) is 2. The number of carbonyl (C=O) groups is 2. The fourth-order valence-corrected chi connectivity index (χ4v) is 3.17. The Morgan fingerprint density at radius 3 is 2.43 bits per heavy atom. The summed E-state index contributed by atoms with van der Waals surface area (Å²) in [7, 11) is 0. The van der Waals surface area contributed by atoms with Gasteiger partial charge in [0.25, 0.3) is 0 Å². The molecule has 0 fully saturated rings. The maximum atomic E-state index is 13.0. The van der Waals surface area contributed by atoms with Gasteiger partial charge in [0.05, 0.1) is 11.5 Å². The zero-order valence-corrected chi connectivity index (χ0v) is 17.3. The molecule has 0 bridgehead atoms. The maximum Gasteiger partial charge on any atom is 0.249 e. The number of thioether (sulfide) groups is 1. The summed E-state index contributed by atoms with van der Waals surface area (Å²) in [5, 5.41) is 9.39. The number of nitrogens with one attached hydrogen (secondary N) is 2. The van der Waals surface area contributed by atoms with Gasteiger partial charge < -0.3 is 15.2 Å². The lowest BCUT2D eigenvalue weighted by Crippen LogP contribution is -2.29. The summed E-state index contributed by atoms with van der Waals surface area (Å²) in [6.07, 6.45) is 0. The van der Waals surface area contributed by atoms with Crippen LogP contribution in [0.1, 0.15) is 24.4 Å². The molecule has 7 nitrogen and oxygen atoms in total. The number of aryl methyl sites for hydroxylation is 1. The van der Waals surface area contributed by atoms with E-state index in [0.29, 0.717) is 11.4 Å². The number of carbonyl (C=O) groups excluding carboxylic acids is 2. The molecule has 2 N–H and O–H groups in total. The second kappa shape index (κ2) is 10.0. The van der Waals surface area contributed by atoms with E-state index in [1.165, 1.54) is 23.9 Å². The normalized spacial score (nSPS) is 11.7. The molecule has 3 aromatic rings. The zero-order valence-electron chi connectivity index (χ0n) is 16.5. The number of rotatable bonds is 8. The lowest BCUT2D eigenvalue weighted by Gasteiger charge is -2.09. The van der Waals surface area contributed by atoms with Gasteiger partial charge in [0.2, 0.25) is 23.5 Å². The van der Waals surface area contributed by atoms with Crippen LogP contribution in [0.15, 0.2) is 53.1 Å². The molecule has 156 valence electrons. The van der Waals surface area contributed by atoms with Crippen LogP contribution in [0.5, 0.6) is 0 Å². The highest BCUT2D eigenvalue weighted by Crippen LogP contribution is 2.19. The average Bonchev–Trinajstić information content (AvgIpc) is 3.21. The van der Waals surface area contributed by atoms with E-state index in [1.54, 1.807) is 19.1 Å². The van der Waals surface area contributed by atoms with E-state index in [4.69, 9.17) is 4.52 Å². The molecule has 1 heterocycles. The van der Waals surface area contributed by atoms with Crippen molar-refractivity contribution in [1.29, 1.82) is 0 Å². The highest BCUT2D eigenvalue weighted by molar-refractivity contribution is 8.00. The van der Waals surface area contributed by atoms with Crippen LogP contribution in [0.25, 0.3) is 11.4 Å². The van der Waals surface area contributed by atoms with E-state index < -0.39 is 6.04 Å². The third-order valence-electron chi connectivity index (χ3n) is 4.09. The Balaban J connectivity index is 1.42. The van der Waals surface area contributed by atoms with Crippen molar-refractivity contribution in [3.63, 3.8) is 0 Å². The van der Waals surface area contributed by atoms with Gasteiger partial charge in [-0.2, -0.15) is 4.98 Å². The van der Waals surface area contributed by atoms with Crippen molar-refractivity contribution in [3.8, 4) is 11.4 Å². The topological polar surface area (TPSA) is 97.1 Å². The van der Waals surface area contributed by atoms with E-state index in [0.717, 1.165) is 11.3 Å². The molecular weight excluding hydrogens is 407 g/mol. The summed E-state index contributed by atoms with van der Waals surface area (Å²) in [4.78, 5) is 28.3. The summed E-state index contributed by atoms with van der Waals surface area (Å²) >= 11 is 1.21. The standard InChI is InChI=1S/C21H21FN4O3S/c1-13-3-9-17(10-4-13)24-19(28)12-30-11-18(27)23-14(2)21-25-20(26-29-21)15-5-7-16(22)8-6-15/h3-10,14H,11-12H2,1-2H3,(H,23,27)(H,24,28). The van der Waals surface area contributed by atoms with Gasteiger partial charge in [0.1, 0.15) is 11.9 Å². The predicted octanol–water partition coefficient (Wildman–Crippen LogP) is 3.73. The van der Waals surface area contributed by atoms with Crippen molar-refractivity contribution < 1.29 is 18.5 Å². The van der Waals surface area contributed by atoms with Crippen LogP contribution in [0.2, 0.25) is 0 Å². The van der Waals surface area contributed by atoms with Gasteiger partial charge in [-0.25, -0.2) is 4.39 Å². The van der Waals surface area contributed by atoms with Gasteiger partial charge in [-0.05, 0) is 50.2 Å². The molecule has 9 heteroatoms.